The fraction of sp³-hybridized carbons (Fsp3) is 0.364. The van der Waals surface area contributed by atoms with Gasteiger partial charge in [-0.05, 0) is 55.8 Å². The average molecular weight is 606 g/mol. The molecule has 2 aliphatic heterocycles. The van der Waals surface area contributed by atoms with Crippen LogP contribution >= 0.6 is 0 Å². The molecule has 1 aromatic heterocycles. The molecular weight excluding hydrogens is 571 g/mol. The van der Waals surface area contributed by atoms with Crippen molar-refractivity contribution >= 4 is 22.5 Å². The molecule has 44 heavy (non-hydrogen) atoms. The van der Waals surface area contributed by atoms with Gasteiger partial charge in [-0.15, -0.1) is 0 Å². The van der Waals surface area contributed by atoms with Crippen LogP contribution in [0.15, 0.2) is 67.0 Å². The molecule has 2 saturated heterocycles. The molecular formula is C33H34F3N5O3. The third-order valence-corrected chi connectivity index (χ3v) is 8.48. The molecule has 3 heterocycles. The van der Waals surface area contributed by atoms with Crippen LogP contribution in [0.1, 0.15) is 24.0 Å². The first kappa shape index (κ1) is 29.8. The quantitative estimate of drug-likeness (QED) is 0.234. The maximum atomic E-state index is 12.8. The first-order valence-corrected chi connectivity index (χ1v) is 14.6. The van der Waals surface area contributed by atoms with E-state index in [1.807, 2.05) is 24.3 Å². The van der Waals surface area contributed by atoms with Crippen LogP contribution in [-0.2, 0) is 17.4 Å². The van der Waals surface area contributed by atoms with Crippen LogP contribution in [-0.4, -0.2) is 78.2 Å². The number of hydrogen-bond donors (Lipinski definition) is 1. The molecule has 2 aliphatic rings. The predicted molar refractivity (Wildman–Crippen MR) is 162 cm³/mol. The van der Waals surface area contributed by atoms with Gasteiger partial charge in [-0.2, -0.15) is 13.2 Å². The van der Waals surface area contributed by atoms with E-state index in [-0.39, 0.29) is 12.3 Å². The Bertz CT molecular complexity index is 1630. The first-order chi connectivity index (χ1) is 21.2. The van der Waals surface area contributed by atoms with Crippen molar-refractivity contribution < 1.29 is 27.4 Å². The molecule has 4 aromatic rings. The number of likely N-dealkylation sites (N-methyl/N-ethyl adjacent to an activating group) is 1. The third-order valence-electron chi connectivity index (χ3n) is 8.48. The lowest BCUT2D eigenvalue weighted by Gasteiger charge is -2.31. The van der Waals surface area contributed by atoms with Crippen molar-refractivity contribution in [1.82, 2.24) is 19.8 Å². The number of nitrogens with one attached hydrogen (secondary N) is 1. The normalized spacial score (nSPS) is 18.6. The second kappa shape index (κ2) is 12.4. The van der Waals surface area contributed by atoms with Gasteiger partial charge in [0.05, 0.1) is 36.9 Å². The summed E-state index contributed by atoms with van der Waals surface area (Å²) in [7, 11) is 3.82. The Morgan fingerprint density at radius 2 is 1.77 bits per heavy atom. The Hall–Kier alpha value is -4.22. The number of fused-ring (bicyclic) bond motifs is 3. The Kier molecular flexibility index (Phi) is 8.42. The molecule has 0 aliphatic carbocycles. The molecule has 8 nitrogen and oxygen atoms in total. The molecule has 0 saturated carbocycles. The van der Waals surface area contributed by atoms with Gasteiger partial charge in [0.15, 0.2) is 11.5 Å². The molecule has 1 N–H and O–H groups in total. The summed E-state index contributed by atoms with van der Waals surface area (Å²) in [6, 6.07) is 16.9. The van der Waals surface area contributed by atoms with Crippen molar-refractivity contribution in [3.05, 3.63) is 78.1 Å². The van der Waals surface area contributed by atoms with E-state index in [9.17, 15) is 18.0 Å². The number of ether oxygens (including phenoxy) is 2. The molecule has 11 heteroatoms. The maximum absolute atomic E-state index is 12.8. The highest BCUT2D eigenvalue weighted by molar-refractivity contribution is 5.95. The summed E-state index contributed by atoms with van der Waals surface area (Å²) in [5.41, 5.74) is 2.55. The van der Waals surface area contributed by atoms with E-state index in [0.717, 1.165) is 54.7 Å². The van der Waals surface area contributed by atoms with Gasteiger partial charge in [0, 0.05) is 54.4 Å². The van der Waals surface area contributed by atoms with E-state index in [2.05, 4.69) is 32.1 Å². The molecule has 2 fully saturated rings. The second-order valence-electron chi connectivity index (χ2n) is 11.4. The highest BCUT2D eigenvalue weighted by Crippen LogP contribution is 2.36. The molecule has 0 unspecified atom stereocenters. The minimum Gasteiger partial charge on any atom is -0.493 e. The largest absolute Gasteiger partial charge is 0.493 e. The number of alkyl halides is 3. The van der Waals surface area contributed by atoms with Crippen LogP contribution in [0.3, 0.4) is 0 Å². The Labute approximate surface area is 253 Å². The van der Waals surface area contributed by atoms with Gasteiger partial charge in [-0.25, -0.2) is 9.97 Å². The number of nitrogens with zero attached hydrogens (tertiary/aromatic N) is 4. The van der Waals surface area contributed by atoms with Crippen molar-refractivity contribution in [2.24, 2.45) is 0 Å². The van der Waals surface area contributed by atoms with Gasteiger partial charge in [-0.3, -0.25) is 9.69 Å². The summed E-state index contributed by atoms with van der Waals surface area (Å²) < 4.78 is 50.2. The van der Waals surface area contributed by atoms with Gasteiger partial charge in [0.1, 0.15) is 6.33 Å². The fourth-order valence-electron chi connectivity index (χ4n) is 6.15. The lowest BCUT2D eigenvalue weighted by Crippen LogP contribution is -2.44. The standard InChI is InChI=1S/C33H34F3N5O3/c1-40-18-26-15-25(40)19-41(26)12-3-13-44-30-17-28-27(16-29(30)43-2)32(38-20-37-28)22-6-10-24(11-7-22)39-31(42)14-21-4-8-23(9-5-21)33(34,35)36/h4-11,16-17,20,25-26H,3,12-15,18-19H2,1-2H3,(H,39,42)/t25-,26-/m1/s1. The Morgan fingerprint density at radius 1 is 1.00 bits per heavy atom. The van der Waals surface area contributed by atoms with Gasteiger partial charge >= 0.3 is 6.18 Å². The summed E-state index contributed by atoms with van der Waals surface area (Å²) in [6.07, 6.45) is -0.758. The first-order valence-electron chi connectivity index (χ1n) is 14.6. The van der Waals surface area contributed by atoms with Crippen LogP contribution < -0.4 is 14.8 Å². The fourth-order valence-corrected chi connectivity index (χ4v) is 6.15. The van der Waals surface area contributed by atoms with Crippen molar-refractivity contribution in [3.8, 4) is 22.8 Å². The smallest absolute Gasteiger partial charge is 0.416 e. The average Bonchev–Trinajstić information content (AvgIpc) is 3.58. The van der Waals surface area contributed by atoms with Gasteiger partial charge in [0.2, 0.25) is 5.91 Å². The number of hydrogen-bond acceptors (Lipinski definition) is 7. The highest BCUT2D eigenvalue weighted by Gasteiger charge is 2.40. The topological polar surface area (TPSA) is 79.8 Å². The van der Waals surface area contributed by atoms with E-state index in [1.165, 1.54) is 24.9 Å². The summed E-state index contributed by atoms with van der Waals surface area (Å²) in [5.74, 6) is 0.906. The maximum Gasteiger partial charge on any atom is 0.416 e. The molecule has 2 atom stereocenters. The molecule has 3 aromatic carbocycles. The zero-order valence-corrected chi connectivity index (χ0v) is 24.6. The highest BCUT2D eigenvalue weighted by atomic mass is 19.4. The van der Waals surface area contributed by atoms with Crippen molar-refractivity contribution in [3.63, 3.8) is 0 Å². The number of rotatable bonds is 10. The summed E-state index contributed by atoms with van der Waals surface area (Å²) in [6.45, 7) is 3.88. The molecule has 0 spiro atoms. The zero-order valence-electron chi connectivity index (χ0n) is 24.6. The lowest BCUT2D eigenvalue weighted by molar-refractivity contribution is -0.137. The number of halogens is 3. The van der Waals surface area contributed by atoms with E-state index in [1.54, 1.807) is 19.2 Å². The lowest BCUT2D eigenvalue weighted by atomic mass is 10.1. The number of benzene rings is 3. The molecule has 1 amide bonds. The van der Waals surface area contributed by atoms with E-state index in [0.29, 0.717) is 47.1 Å². The van der Waals surface area contributed by atoms with Gasteiger partial charge in [0.25, 0.3) is 0 Å². The molecule has 230 valence electrons. The van der Waals surface area contributed by atoms with E-state index >= 15 is 0 Å². The third kappa shape index (κ3) is 6.48. The van der Waals surface area contributed by atoms with Crippen LogP contribution in [0, 0.1) is 0 Å². The number of anilines is 1. The number of amides is 1. The minimum absolute atomic E-state index is 0.0442. The van der Waals surface area contributed by atoms with Crippen LogP contribution in [0.25, 0.3) is 22.2 Å². The van der Waals surface area contributed by atoms with Crippen LogP contribution in [0.4, 0.5) is 18.9 Å². The summed E-state index contributed by atoms with van der Waals surface area (Å²) in [4.78, 5) is 26.5. The predicted octanol–water partition coefficient (Wildman–Crippen LogP) is 5.66. The molecule has 2 bridgehead atoms. The van der Waals surface area contributed by atoms with Crippen LogP contribution in [0.5, 0.6) is 11.5 Å². The number of aromatic nitrogens is 2. The molecule has 0 radical (unpaired) electrons. The van der Waals surface area contributed by atoms with E-state index < -0.39 is 11.7 Å². The number of carbonyl (C=O) groups excluding carboxylic acids is 1. The van der Waals surface area contributed by atoms with Gasteiger partial charge < -0.3 is 19.7 Å². The minimum atomic E-state index is -4.41. The Balaban J connectivity index is 1.09. The second-order valence-corrected chi connectivity index (χ2v) is 11.4. The monoisotopic (exact) mass is 605 g/mol. The van der Waals surface area contributed by atoms with E-state index in [4.69, 9.17) is 9.47 Å². The van der Waals surface area contributed by atoms with Gasteiger partial charge in [-0.1, -0.05) is 24.3 Å². The number of likely N-dealkylation sites (tertiary alicyclic amines) is 2. The number of methoxy groups -OCH3 is 1. The number of piperazine rings is 1. The summed E-state index contributed by atoms with van der Waals surface area (Å²) in [5, 5.41) is 3.59. The number of carbonyl (C=O) groups is 1. The van der Waals surface area contributed by atoms with Crippen molar-refractivity contribution in [1.29, 1.82) is 0 Å². The Morgan fingerprint density at radius 3 is 2.43 bits per heavy atom. The SMILES string of the molecule is COc1cc2c(-c3ccc(NC(=O)Cc4ccc(C(F)(F)F)cc4)cc3)ncnc2cc1OCCCN1C[C@H]2C[C@@H]1CN2C. The zero-order chi connectivity index (χ0) is 30.8. The van der Waals surface area contributed by atoms with Crippen LogP contribution in [0.2, 0.25) is 0 Å². The summed E-state index contributed by atoms with van der Waals surface area (Å²) >= 11 is 0. The molecule has 6 rings (SSSR count). The van der Waals surface area contributed by atoms with Crippen molar-refractivity contribution in [2.75, 3.05) is 45.7 Å². The van der Waals surface area contributed by atoms with Crippen molar-refractivity contribution in [2.45, 2.75) is 37.5 Å².